The van der Waals surface area contributed by atoms with Gasteiger partial charge in [0, 0.05) is 12.5 Å². The zero-order chi connectivity index (χ0) is 13.1. The fraction of sp³-hybridized carbons (Fsp3) is 0.800. The van der Waals surface area contributed by atoms with Crippen molar-refractivity contribution in [2.45, 2.75) is 44.3 Å². The Kier molecular flexibility index (Phi) is 4.36. The number of nitrogens with one attached hydrogen (secondary N) is 1. The van der Waals surface area contributed by atoms with Crippen molar-refractivity contribution in [3.8, 4) is 0 Å². The van der Waals surface area contributed by atoms with Crippen LogP contribution in [0.5, 0.6) is 0 Å². The van der Waals surface area contributed by atoms with Crippen LogP contribution in [0.1, 0.15) is 32.1 Å². The number of aliphatic carboxylic acids is 1. The maximum Gasteiger partial charge on any atom is 0.389 e. The summed E-state index contributed by atoms with van der Waals surface area (Å²) < 4.78 is 35.5. The van der Waals surface area contributed by atoms with Crippen LogP contribution >= 0.6 is 0 Å². The molecule has 1 aliphatic rings. The van der Waals surface area contributed by atoms with Gasteiger partial charge in [0.15, 0.2) is 0 Å². The first-order valence-corrected chi connectivity index (χ1v) is 5.37. The van der Waals surface area contributed by atoms with Crippen molar-refractivity contribution in [2.24, 2.45) is 5.92 Å². The van der Waals surface area contributed by atoms with Crippen LogP contribution in [0.25, 0.3) is 0 Å². The Hall–Kier alpha value is -1.27. The van der Waals surface area contributed by atoms with Crippen LogP contribution in [0, 0.1) is 5.92 Å². The van der Waals surface area contributed by atoms with Crippen LogP contribution in [0.4, 0.5) is 13.2 Å². The van der Waals surface area contributed by atoms with Gasteiger partial charge in [-0.05, 0) is 19.3 Å². The summed E-state index contributed by atoms with van der Waals surface area (Å²) in [5.74, 6) is -2.08. The molecule has 0 aromatic heterocycles. The van der Waals surface area contributed by atoms with E-state index in [-0.39, 0.29) is 6.04 Å². The lowest BCUT2D eigenvalue weighted by Gasteiger charge is -2.13. The van der Waals surface area contributed by atoms with Gasteiger partial charge in [-0.3, -0.25) is 9.59 Å². The number of rotatable bonds is 4. The zero-order valence-electron chi connectivity index (χ0n) is 9.09. The first kappa shape index (κ1) is 13.8. The topological polar surface area (TPSA) is 66.4 Å². The number of amides is 1. The maximum absolute atomic E-state index is 11.8. The van der Waals surface area contributed by atoms with Crippen molar-refractivity contribution in [3.05, 3.63) is 0 Å². The Morgan fingerprint density at radius 2 is 1.94 bits per heavy atom. The van der Waals surface area contributed by atoms with Crippen LogP contribution in [0.2, 0.25) is 0 Å². The van der Waals surface area contributed by atoms with E-state index < -0.39 is 36.8 Å². The van der Waals surface area contributed by atoms with Gasteiger partial charge in [-0.1, -0.05) is 0 Å². The number of carbonyl (C=O) groups is 2. The van der Waals surface area contributed by atoms with E-state index in [1.165, 1.54) is 0 Å². The lowest BCUT2D eigenvalue weighted by atomic mass is 10.1. The van der Waals surface area contributed by atoms with E-state index in [9.17, 15) is 22.8 Å². The molecule has 1 amide bonds. The smallest absolute Gasteiger partial charge is 0.389 e. The normalized spacial score (nSPS) is 24.6. The summed E-state index contributed by atoms with van der Waals surface area (Å²) in [5, 5.41) is 11.1. The van der Waals surface area contributed by atoms with Gasteiger partial charge in [0.25, 0.3) is 0 Å². The number of carbonyl (C=O) groups excluding carboxylic acids is 1. The van der Waals surface area contributed by atoms with E-state index in [1.807, 2.05) is 0 Å². The quantitative estimate of drug-likeness (QED) is 0.801. The van der Waals surface area contributed by atoms with Gasteiger partial charge in [-0.15, -0.1) is 0 Å². The van der Waals surface area contributed by atoms with Gasteiger partial charge in [-0.2, -0.15) is 13.2 Å². The summed E-state index contributed by atoms with van der Waals surface area (Å²) in [6, 6.07) is -0.308. The second-order valence-electron chi connectivity index (χ2n) is 4.23. The molecule has 0 saturated heterocycles. The molecular formula is C10H14F3NO3. The minimum Gasteiger partial charge on any atom is -0.481 e. The Morgan fingerprint density at radius 3 is 2.41 bits per heavy atom. The van der Waals surface area contributed by atoms with Crippen LogP contribution in [-0.4, -0.2) is 29.2 Å². The standard InChI is InChI=1S/C10H14F3NO3/c11-10(12,13)4-3-8(15)14-7-2-1-6(5-7)9(16)17/h6-7H,1-5H2,(H,14,15)(H,16,17)/t6-,7+/m0/s1. The Morgan fingerprint density at radius 1 is 1.29 bits per heavy atom. The molecule has 0 radical (unpaired) electrons. The average molecular weight is 253 g/mol. The lowest BCUT2D eigenvalue weighted by molar-refractivity contribution is -0.144. The van der Waals surface area contributed by atoms with Gasteiger partial charge in [0.1, 0.15) is 0 Å². The van der Waals surface area contributed by atoms with E-state index in [1.54, 1.807) is 0 Å². The second-order valence-corrected chi connectivity index (χ2v) is 4.23. The van der Waals surface area contributed by atoms with Crippen molar-refractivity contribution < 1.29 is 27.9 Å². The highest BCUT2D eigenvalue weighted by Crippen LogP contribution is 2.26. The fourth-order valence-electron chi connectivity index (χ4n) is 1.89. The van der Waals surface area contributed by atoms with Crippen LogP contribution < -0.4 is 5.32 Å². The number of hydrogen-bond donors (Lipinski definition) is 2. The third-order valence-corrected chi connectivity index (χ3v) is 2.78. The predicted molar refractivity (Wildman–Crippen MR) is 52.2 cm³/mol. The molecular weight excluding hydrogens is 239 g/mol. The third kappa shape index (κ3) is 5.06. The van der Waals surface area contributed by atoms with Crippen molar-refractivity contribution in [1.82, 2.24) is 5.32 Å². The minimum absolute atomic E-state index is 0.299. The molecule has 2 atom stereocenters. The second kappa shape index (κ2) is 5.37. The highest BCUT2D eigenvalue weighted by Gasteiger charge is 2.32. The molecule has 4 nitrogen and oxygen atoms in total. The molecule has 17 heavy (non-hydrogen) atoms. The van der Waals surface area contributed by atoms with E-state index in [4.69, 9.17) is 5.11 Å². The van der Waals surface area contributed by atoms with Gasteiger partial charge in [0.05, 0.1) is 12.3 Å². The van der Waals surface area contributed by atoms with Crippen LogP contribution in [-0.2, 0) is 9.59 Å². The Balaban J connectivity index is 2.26. The number of alkyl halides is 3. The molecule has 0 heterocycles. The predicted octanol–water partition coefficient (Wildman–Crippen LogP) is 1.70. The third-order valence-electron chi connectivity index (χ3n) is 2.78. The highest BCUT2D eigenvalue weighted by atomic mass is 19.4. The first-order chi connectivity index (χ1) is 7.78. The van der Waals surface area contributed by atoms with Crippen molar-refractivity contribution in [2.75, 3.05) is 0 Å². The van der Waals surface area contributed by atoms with E-state index in [0.29, 0.717) is 19.3 Å². The van der Waals surface area contributed by atoms with Crippen molar-refractivity contribution in [3.63, 3.8) is 0 Å². The molecule has 2 N–H and O–H groups in total. The number of hydrogen-bond acceptors (Lipinski definition) is 2. The van der Waals surface area contributed by atoms with Crippen LogP contribution in [0.3, 0.4) is 0 Å². The highest BCUT2D eigenvalue weighted by molar-refractivity contribution is 5.76. The summed E-state index contributed by atoms with van der Waals surface area (Å²) in [4.78, 5) is 21.8. The molecule has 0 bridgehead atoms. The summed E-state index contributed by atoms with van der Waals surface area (Å²) >= 11 is 0. The van der Waals surface area contributed by atoms with Gasteiger partial charge < -0.3 is 10.4 Å². The largest absolute Gasteiger partial charge is 0.481 e. The maximum atomic E-state index is 11.8. The molecule has 1 rings (SSSR count). The van der Waals surface area contributed by atoms with Gasteiger partial charge in [0.2, 0.25) is 5.91 Å². The molecule has 1 fully saturated rings. The molecule has 0 aromatic rings. The monoisotopic (exact) mass is 253 g/mol. The number of halogens is 3. The molecule has 1 aliphatic carbocycles. The average Bonchev–Trinajstić information content (AvgIpc) is 2.62. The SMILES string of the molecule is O=C(CCC(F)(F)F)N[C@@H]1CC[C@H](C(=O)O)C1. The van der Waals surface area contributed by atoms with Gasteiger partial charge in [-0.25, -0.2) is 0 Å². The molecule has 0 unspecified atom stereocenters. The lowest BCUT2D eigenvalue weighted by Crippen LogP contribution is -2.33. The van der Waals surface area contributed by atoms with Gasteiger partial charge >= 0.3 is 12.1 Å². The fourth-order valence-corrected chi connectivity index (χ4v) is 1.89. The summed E-state index contributed by atoms with van der Waals surface area (Å²) in [5.41, 5.74) is 0. The van der Waals surface area contributed by atoms with E-state index >= 15 is 0 Å². The van der Waals surface area contributed by atoms with Crippen molar-refractivity contribution in [1.29, 1.82) is 0 Å². The number of carboxylic acid groups (broad SMARTS) is 1. The summed E-state index contributed by atoms with van der Waals surface area (Å²) in [6.07, 6.45) is -4.82. The molecule has 1 saturated carbocycles. The minimum atomic E-state index is -4.34. The van der Waals surface area contributed by atoms with Crippen molar-refractivity contribution >= 4 is 11.9 Å². The van der Waals surface area contributed by atoms with Crippen LogP contribution in [0.15, 0.2) is 0 Å². The Labute approximate surface area is 96.2 Å². The molecule has 7 heteroatoms. The Bertz CT molecular complexity index is 304. The molecule has 0 aromatic carbocycles. The van der Waals surface area contributed by atoms with E-state index in [0.717, 1.165) is 0 Å². The first-order valence-electron chi connectivity index (χ1n) is 5.37. The molecule has 0 spiro atoms. The zero-order valence-corrected chi connectivity index (χ0v) is 9.09. The van der Waals surface area contributed by atoms with E-state index in [2.05, 4.69) is 5.32 Å². The molecule has 0 aliphatic heterocycles. The summed E-state index contributed by atoms with van der Waals surface area (Å²) in [6.45, 7) is 0. The molecule has 98 valence electrons. The number of carboxylic acids is 1. The summed E-state index contributed by atoms with van der Waals surface area (Å²) in [7, 11) is 0.